The van der Waals surface area contributed by atoms with Gasteiger partial charge < -0.3 is 9.88 Å². The number of H-pyrrole nitrogens is 1. The highest BCUT2D eigenvalue weighted by Crippen LogP contribution is 2.23. The number of benzene rings is 1. The molecule has 1 aliphatic heterocycles. The molecule has 25 heavy (non-hydrogen) atoms. The average Bonchev–Trinajstić information content (AvgIpc) is 3.05. The maximum Gasteiger partial charge on any atom is 0.254 e. The molecule has 132 valence electrons. The first-order valence-electron chi connectivity index (χ1n) is 8.94. The predicted molar refractivity (Wildman–Crippen MR) is 97.5 cm³/mol. The Bertz CT molecular complexity index is 798. The lowest BCUT2D eigenvalue weighted by molar-refractivity contribution is -0.131. The van der Waals surface area contributed by atoms with Gasteiger partial charge in [0.1, 0.15) is 5.82 Å². The summed E-state index contributed by atoms with van der Waals surface area (Å²) < 4.78 is 0. The van der Waals surface area contributed by atoms with Gasteiger partial charge in [0, 0.05) is 23.8 Å². The summed E-state index contributed by atoms with van der Waals surface area (Å²) in [5.74, 6) is 0.621. The third-order valence-corrected chi connectivity index (χ3v) is 4.98. The van der Waals surface area contributed by atoms with Crippen molar-refractivity contribution < 1.29 is 4.79 Å². The summed E-state index contributed by atoms with van der Waals surface area (Å²) in [6, 6.07) is 10.6. The van der Waals surface area contributed by atoms with Crippen molar-refractivity contribution in [2.45, 2.75) is 52.0 Å². The van der Waals surface area contributed by atoms with Gasteiger partial charge in [-0.2, -0.15) is 0 Å². The first kappa shape index (κ1) is 17.4. The molecule has 1 aliphatic rings. The number of carbonyl (C=O) groups excluding carboxylic acids is 1. The molecule has 2 heterocycles. The van der Waals surface area contributed by atoms with Gasteiger partial charge in [0.25, 0.3) is 5.56 Å². The highest BCUT2D eigenvalue weighted by atomic mass is 16.2. The quantitative estimate of drug-likeness (QED) is 0.910. The third kappa shape index (κ3) is 4.16. The molecule has 0 radical (unpaired) electrons. The summed E-state index contributed by atoms with van der Waals surface area (Å²) >= 11 is 0. The number of hydrogen-bond acceptors (Lipinski definition) is 3. The summed E-state index contributed by atoms with van der Waals surface area (Å²) in [5, 5.41) is 0. The summed E-state index contributed by atoms with van der Waals surface area (Å²) in [6.45, 7) is 4.33. The average molecular weight is 339 g/mol. The number of nitrogens with zero attached hydrogens (tertiary/aromatic N) is 2. The lowest BCUT2D eigenvalue weighted by Crippen LogP contribution is -2.38. The van der Waals surface area contributed by atoms with Crippen LogP contribution < -0.4 is 5.56 Å². The highest BCUT2D eigenvalue weighted by Gasteiger charge is 2.29. The fourth-order valence-corrected chi connectivity index (χ4v) is 3.65. The van der Waals surface area contributed by atoms with E-state index in [-0.39, 0.29) is 23.9 Å². The molecule has 5 heteroatoms. The van der Waals surface area contributed by atoms with Crippen LogP contribution in [-0.2, 0) is 17.6 Å². The Balaban J connectivity index is 1.66. The summed E-state index contributed by atoms with van der Waals surface area (Å²) in [7, 11) is 0. The minimum absolute atomic E-state index is 0.0369. The second kappa shape index (κ2) is 7.64. The summed E-state index contributed by atoms with van der Waals surface area (Å²) in [6.07, 6.45) is 4.15. The Morgan fingerprint density at radius 1 is 1.28 bits per heavy atom. The molecule has 1 atom stereocenters. The number of likely N-dealkylation sites (tertiary alicyclic amines) is 1. The van der Waals surface area contributed by atoms with Gasteiger partial charge >= 0.3 is 0 Å². The number of aromatic amines is 1. The van der Waals surface area contributed by atoms with Crippen LogP contribution in [0.4, 0.5) is 0 Å². The van der Waals surface area contributed by atoms with Crippen LogP contribution in [0.25, 0.3) is 0 Å². The number of aromatic nitrogens is 2. The van der Waals surface area contributed by atoms with Crippen LogP contribution >= 0.6 is 0 Å². The van der Waals surface area contributed by atoms with E-state index in [0.717, 1.165) is 32.2 Å². The minimum atomic E-state index is -0.196. The molecule has 1 amide bonds. The van der Waals surface area contributed by atoms with Gasteiger partial charge in [-0.1, -0.05) is 30.3 Å². The monoisotopic (exact) mass is 339 g/mol. The fraction of sp³-hybridized carbons (Fsp3) is 0.450. The molecular formula is C20H25N3O2. The molecule has 0 saturated carbocycles. The lowest BCUT2D eigenvalue weighted by atomic mass is 10.0. The second-order valence-electron chi connectivity index (χ2n) is 6.80. The van der Waals surface area contributed by atoms with Crippen molar-refractivity contribution in [1.29, 1.82) is 0 Å². The Morgan fingerprint density at radius 3 is 2.76 bits per heavy atom. The predicted octanol–water partition coefficient (Wildman–Crippen LogP) is 2.55. The van der Waals surface area contributed by atoms with Crippen molar-refractivity contribution in [3.63, 3.8) is 0 Å². The lowest BCUT2D eigenvalue weighted by Gasteiger charge is -2.25. The van der Waals surface area contributed by atoms with E-state index < -0.39 is 0 Å². The van der Waals surface area contributed by atoms with Crippen LogP contribution in [-0.4, -0.2) is 33.4 Å². The van der Waals surface area contributed by atoms with Gasteiger partial charge in [-0.15, -0.1) is 0 Å². The van der Waals surface area contributed by atoms with Crippen molar-refractivity contribution in [1.82, 2.24) is 14.9 Å². The number of amides is 1. The third-order valence-electron chi connectivity index (χ3n) is 4.98. The molecule has 1 N–H and O–H groups in total. The largest absolute Gasteiger partial charge is 0.339 e. The number of aryl methyl sites for hydroxylation is 3. The van der Waals surface area contributed by atoms with E-state index in [1.807, 2.05) is 23.1 Å². The summed E-state index contributed by atoms with van der Waals surface area (Å²) in [5.41, 5.74) is 2.24. The van der Waals surface area contributed by atoms with Gasteiger partial charge in [-0.3, -0.25) is 9.59 Å². The van der Waals surface area contributed by atoms with Crippen LogP contribution in [0.5, 0.6) is 0 Å². The van der Waals surface area contributed by atoms with Crippen molar-refractivity contribution in [2.24, 2.45) is 0 Å². The Kier molecular flexibility index (Phi) is 5.31. The highest BCUT2D eigenvalue weighted by molar-refractivity contribution is 5.79. The molecule has 0 spiro atoms. The number of rotatable bonds is 5. The molecule has 1 unspecified atom stereocenters. The molecule has 5 nitrogen and oxygen atoms in total. The van der Waals surface area contributed by atoms with E-state index >= 15 is 0 Å². The van der Waals surface area contributed by atoms with E-state index in [1.54, 1.807) is 13.8 Å². The van der Waals surface area contributed by atoms with Crippen LogP contribution in [0.1, 0.15) is 41.9 Å². The van der Waals surface area contributed by atoms with Gasteiger partial charge in [0.2, 0.25) is 5.91 Å². The van der Waals surface area contributed by atoms with E-state index in [2.05, 4.69) is 22.1 Å². The molecule has 3 rings (SSSR count). The van der Waals surface area contributed by atoms with Crippen LogP contribution in [0.3, 0.4) is 0 Å². The topological polar surface area (TPSA) is 66.1 Å². The molecule has 0 bridgehead atoms. The Hall–Kier alpha value is -2.43. The molecule has 0 aliphatic carbocycles. The summed E-state index contributed by atoms with van der Waals surface area (Å²) in [4.78, 5) is 33.8. The zero-order valence-corrected chi connectivity index (χ0v) is 14.9. The molecule has 1 aromatic carbocycles. The van der Waals surface area contributed by atoms with E-state index in [9.17, 15) is 9.59 Å². The first-order valence-corrected chi connectivity index (χ1v) is 8.94. The first-order chi connectivity index (χ1) is 12.0. The van der Waals surface area contributed by atoms with Crippen LogP contribution in [0, 0.1) is 13.8 Å². The van der Waals surface area contributed by atoms with E-state index in [4.69, 9.17) is 0 Å². The number of carbonyl (C=O) groups is 1. The van der Waals surface area contributed by atoms with Gasteiger partial charge in [-0.25, -0.2) is 4.98 Å². The molecule has 1 fully saturated rings. The van der Waals surface area contributed by atoms with Gasteiger partial charge in [0.15, 0.2) is 0 Å². The minimum Gasteiger partial charge on any atom is -0.339 e. The maximum absolute atomic E-state index is 12.8. The van der Waals surface area contributed by atoms with E-state index in [0.29, 0.717) is 17.1 Å². The Labute approximate surface area is 148 Å². The molecular weight excluding hydrogens is 314 g/mol. The normalized spacial score (nSPS) is 17.0. The van der Waals surface area contributed by atoms with Crippen molar-refractivity contribution in [3.8, 4) is 0 Å². The molecule has 1 saturated heterocycles. The molecule has 1 aromatic heterocycles. The molecule has 2 aromatic rings. The van der Waals surface area contributed by atoms with Crippen LogP contribution in [0.2, 0.25) is 0 Å². The van der Waals surface area contributed by atoms with Crippen LogP contribution in [0.15, 0.2) is 35.1 Å². The van der Waals surface area contributed by atoms with Gasteiger partial charge in [-0.05, 0) is 45.1 Å². The number of hydrogen-bond donors (Lipinski definition) is 1. The second-order valence-corrected chi connectivity index (χ2v) is 6.80. The van der Waals surface area contributed by atoms with Crippen molar-refractivity contribution >= 4 is 5.91 Å². The van der Waals surface area contributed by atoms with Crippen molar-refractivity contribution in [2.75, 3.05) is 6.54 Å². The van der Waals surface area contributed by atoms with Gasteiger partial charge in [0.05, 0.1) is 6.42 Å². The zero-order chi connectivity index (χ0) is 17.8. The van der Waals surface area contributed by atoms with E-state index in [1.165, 1.54) is 5.56 Å². The maximum atomic E-state index is 12.8. The standard InChI is InChI=1S/C20H25N3O2/c1-14-18(20(25)22-15(2)21-14)13-19(24)23-12-6-9-17(23)11-10-16-7-4-3-5-8-16/h3-5,7-8,17H,6,9-13H2,1-2H3,(H,21,22,25). The SMILES string of the molecule is Cc1nc(C)c(CC(=O)N2CCCC2CCc2ccccc2)c(=O)[nH]1. The zero-order valence-electron chi connectivity index (χ0n) is 14.9. The Morgan fingerprint density at radius 2 is 2.04 bits per heavy atom. The number of nitrogens with one attached hydrogen (secondary N) is 1. The smallest absolute Gasteiger partial charge is 0.254 e. The van der Waals surface area contributed by atoms with Crippen molar-refractivity contribution in [3.05, 3.63) is 63.3 Å². The fourth-order valence-electron chi connectivity index (χ4n) is 3.65.